The average molecular weight is 381 g/mol. The van der Waals surface area contributed by atoms with Crippen molar-refractivity contribution in [2.75, 3.05) is 28.4 Å². The number of carbonyl (C=O) groups excluding carboxylic acids is 2. The fraction of sp³-hybridized carbons (Fsp3) is 0.190. The van der Waals surface area contributed by atoms with E-state index in [9.17, 15) is 9.59 Å². The van der Waals surface area contributed by atoms with Crippen molar-refractivity contribution in [3.63, 3.8) is 0 Å². The van der Waals surface area contributed by atoms with Crippen LogP contribution in [0.4, 0.5) is 0 Å². The standard InChI is InChI=1S/C21H19NO6/c1-25-15-10-9-12(11-16(15)26-2)19-18(21(24)28-4)17(20(23)27-3)13-7-5-6-8-14(13)22-19/h5-11H,1-4H3. The number of para-hydroxylation sites is 1. The van der Waals surface area contributed by atoms with Crippen LogP contribution < -0.4 is 9.47 Å². The molecule has 0 bridgehead atoms. The quantitative estimate of drug-likeness (QED) is 0.626. The largest absolute Gasteiger partial charge is 0.493 e. The first-order valence-corrected chi connectivity index (χ1v) is 8.37. The predicted octanol–water partition coefficient (Wildman–Crippen LogP) is 3.49. The summed E-state index contributed by atoms with van der Waals surface area (Å²) in [6.45, 7) is 0. The third kappa shape index (κ3) is 3.22. The molecule has 7 heteroatoms. The number of aromatic nitrogens is 1. The fourth-order valence-electron chi connectivity index (χ4n) is 3.02. The summed E-state index contributed by atoms with van der Waals surface area (Å²) in [5.41, 5.74) is 1.52. The van der Waals surface area contributed by atoms with Crippen molar-refractivity contribution >= 4 is 22.8 Å². The molecule has 144 valence electrons. The lowest BCUT2D eigenvalue weighted by Gasteiger charge is -2.16. The van der Waals surface area contributed by atoms with E-state index >= 15 is 0 Å². The van der Waals surface area contributed by atoms with Gasteiger partial charge in [-0.3, -0.25) is 0 Å². The van der Waals surface area contributed by atoms with Gasteiger partial charge in [0, 0.05) is 10.9 Å². The zero-order chi connectivity index (χ0) is 20.3. The van der Waals surface area contributed by atoms with Crippen LogP contribution in [0.2, 0.25) is 0 Å². The molecule has 0 spiro atoms. The maximum Gasteiger partial charge on any atom is 0.340 e. The van der Waals surface area contributed by atoms with Gasteiger partial charge in [0.15, 0.2) is 11.5 Å². The summed E-state index contributed by atoms with van der Waals surface area (Å²) in [6, 6.07) is 12.1. The normalized spacial score (nSPS) is 10.4. The van der Waals surface area contributed by atoms with Crippen LogP contribution in [0.15, 0.2) is 42.5 Å². The Labute approximate surface area is 161 Å². The summed E-state index contributed by atoms with van der Waals surface area (Å²) in [5, 5.41) is 0.499. The topological polar surface area (TPSA) is 84.0 Å². The molecule has 0 fully saturated rings. The number of hydrogen-bond acceptors (Lipinski definition) is 7. The fourth-order valence-corrected chi connectivity index (χ4v) is 3.02. The molecule has 0 aliphatic rings. The second kappa shape index (κ2) is 7.96. The highest BCUT2D eigenvalue weighted by Gasteiger charge is 2.28. The number of rotatable bonds is 5. The number of esters is 2. The van der Waals surface area contributed by atoms with Crippen molar-refractivity contribution in [1.29, 1.82) is 0 Å². The summed E-state index contributed by atoms with van der Waals surface area (Å²) in [4.78, 5) is 29.8. The van der Waals surface area contributed by atoms with Gasteiger partial charge in [0.25, 0.3) is 0 Å². The molecule has 0 radical (unpaired) electrons. The Morgan fingerprint density at radius 2 is 1.43 bits per heavy atom. The number of ether oxygens (including phenoxy) is 4. The third-order valence-corrected chi connectivity index (χ3v) is 4.33. The van der Waals surface area contributed by atoms with Gasteiger partial charge in [0.05, 0.1) is 45.2 Å². The summed E-state index contributed by atoms with van der Waals surface area (Å²) in [5.74, 6) is -0.352. The molecule has 2 aromatic carbocycles. The van der Waals surface area contributed by atoms with Gasteiger partial charge in [0.1, 0.15) is 5.56 Å². The molecule has 0 N–H and O–H groups in total. The molecule has 7 nitrogen and oxygen atoms in total. The smallest absolute Gasteiger partial charge is 0.340 e. The number of nitrogens with zero attached hydrogens (tertiary/aromatic N) is 1. The molecular weight excluding hydrogens is 362 g/mol. The van der Waals surface area contributed by atoms with E-state index in [1.165, 1.54) is 28.4 Å². The number of pyridine rings is 1. The van der Waals surface area contributed by atoms with E-state index in [0.29, 0.717) is 28.0 Å². The minimum atomic E-state index is -0.691. The van der Waals surface area contributed by atoms with Gasteiger partial charge in [-0.05, 0) is 24.3 Å². The Balaban J connectivity index is 2.42. The van der Waals surface area contributed by atoms with Crippen LogP contribution in [0, 0.1) is 0 Å². The van der Waals surface area contributed by atoms with Crippen LogP contribution in [-0.2, 0) is 9.47 Å². The van der Waals surface area contributed by atoms with Crippen LogP contribution in [0.5, 0.6) is 11.5 Å². The van der Waals surface area contributed by atoms with Crippen LogP contribution in [-0.4, -0.2) is 45.4 Å². The molecular formula is C21H19NO6. The molecule has 3 aromatic rings. The lowest BCUT2D eigenvalue weighted by molar-refractivity contribution is 0.0557. The van der Waals surface area contributed by atoms with Crippen molar-refractivity contribution in [3.8, 4) is 22.8 Å². The number of methoxy groups -OCH3 is 4. The van der Waals surface area contributed by atoms with Crippen LogP contribution >= 0.6 is 0 Å². The second-order valence-electron chi connectivity index (χ2n) is 5.78. The van der Waals surface area contributed by atoms with Gasteiger partial charge >= 0.3 is 11.9 Å². The van der Waals surface area contributed by atoms with Crippen LogP contribution in [0.3, 0.4) is 0 Å². The van der Waals surface area contributed by atoms with E-state index in [0.717, 1.165) is 0 Å². The highest BCUT2D eigenvalue weighted by molar-refractivity contribution is 6.15. The Morgan fingerprint density at radius 1 is 0.786 bits per heavy atom. The molecule has 0 amide bonds. The van der Waals surface area contributed by atoms with E-state index in [4.69, 9.17) is 18.9 Å². The van der Waals surface area contributed by atoms with Gasteiger partial charge in [-0.25, -0.2) is 14.6 Å². The van der Waals surface area contributed by atoms with Crippen molar-refractivity contribution in [3.05, 3.63) is 53.6 Å². The van der Waals surface area contributed by atoms with Gasteiger partial charge < -0.3 is 18.9 Å². The van der Waals surface area contributed by atoms with E-state index in [-0.39, 0.29) is 16.8 Å². The molecule has 0 saturated heterocycles. The van der Waals surface area contributed by atoms with Crippen LogP contribution in [0.1, 0.15) is 20.7 Å². The lowest BCUT2D eigenvalue weighted by Crippen LogP contribution is -2.15. The maximum absolute atomic E-state index is 12.6. The van der Waals surface area contributed by atoms with Crippen molar-refractivity contribution < 1.29 is 28.5 Å². The monoisotopic (exact) mass is 381 g/mol. The molecule has 28 heavy (non-hydrogen) atoms. The Bertz CT molecular complexity index is 1060. The number of hydrogen-bond donors (Lipinski definition) is 0. The molecule has 0 atom stereocenters. The highest BCUT2D eigenvalue weighted by atomic mass is 16.5. The third-order valence-electron chi connectivity index (χ3n) is 4.33. The lowest BCUT2D eigenvalue weighted by atomic mass is 9.96. The maximum atomic E-state index is 12.6. The minimum absolute atomic E-state index is 0.0280. The molecule has 1 aromatic heterocycles. The van der Waals surface area contributed by atoms with Crippen molar-refractivity contribution in [2.24, 2.45) is 0 Å². The zero-order valence-electron chi connectivity index (χ0n) is 15.9. The average Bonchev–Trinajstić information content (AvgIpc) is 2.76. The highest BCUT2D eigenvalue weighted by Crippen LogP contribution is 2.36. The summed E-state index contributed by atoms with van der Waals surface area (Å²) in [6.07, 6.45) is 0. The van der Waals surface area contributed by atoms with Crippen molar-refractivity contribution in [1.82, 2.24) is 4.98 Å². The number of fused-ring (bicyclic) bond motifs is 1. The molecule has 0 unspecified atom stereocenters. The summed E-state index contributed by atoms with van der Waals surface area (Å²) < 4.78 is 20.5. The molecule has 0 aliphatic heterocycles. The van der Waals surface area contributed by atoms with Gasteiger partial charge in [-0.2, -0.15) is 0 Å². The summed E-state index contributed by atoms with van der Waals surface area (Å²) >= 11 is 0. The molecule has 1 heterocycles. The first-order valence-electron chi connectivity index (χ1n) is 8.37. The first-order chi connectivity index (χ1) is 13.5. The Hall–Kier alpha value is -3.61. The number of carbonyl (C=O) groups is 2. The van der Waals surface area contributed by atoms with E-state index < -0.39 is 11.9 Å². The zero-order valence-corrected chi connectivity index (χ0v) is 15.9. The summed E-state index contributed by atoms with van der Waals surface area (Å²) in [7, 11) is 5.54. The molecule has 3 rings (SSSR count). The first kappa shape index (κ1) is 19.2. The Kier molecular flexibility index (Phi) is 5.44. The van der Waals surface area contributed by atoms with Crippen LogP contribution in [0.25, 0.3) is 22.2 Å². The predicted molar refractivity (Wildman–Crippen MR) is 103 cm³/mol. The van der Waals surface area contributed by atoms with Gasteiger partial charge in [-0.15, -0.1) is 0 Å². The second-order valence-corrected chi connectivity index (χ2v) is 5.78. The SMILES string of the molecule is COC(=O)c1c(-c2ccc(OC)c(OC)c2)nc2ccccc2c1C(=O)OC. The van der Waals surface area contributed by atoms with E-state index in [1.807, 2.05) is 0 Å². The van der Waals surface area contributed by atoms with Gasteiger partial charge in [-0.1, -0.05) is 18.2 Å². The molecule has 0 saturated carbocycles. The van der Waals surface area contributed by atoms with Crippen molar-refractivity contribution in [2.45, 2.75) is 0 Å². The Morgan fingerprint density at radius 3 is 2.07 bits per heavy atom. The number of benzene rings is 2. The van der Waals surface area contributed by atoms with Gasteiger partial charge in [0.2, 0.25) is 0 Å². The van der Waals surface area contributed by atoms with E-state index in [2.05, 4.69) is 4.98 Å². The minimum Gasteiger partial charge on any atom is -0.493 e. The molecule has 0 aliphatic carbocycles. The van der Waals surface area contributed by atoms with E-state index in [1.54, 1.807) is 42.5 Å².